The molecule has 0 spiro atoms. The smallest absolute Gasteiger partial charge is 0.409 e. The van der Waals surface area contributed by atoms with Gasteiger partial charge in [-0.1, -0.05) is 6.07 Å². The third-order valence-corrected chi connectivity index (χ3v) is 3.40. The zero-order chi connectivity index (χ0) is 17.5. The lowest BCUT2D eigenvalue weighted by Crippen LogP contribution is -2.51. The van der Waals surface area contributed by atoms with E-state index in [-0.39, 0.29) is 11.8 Å². The van der Waals surface area contributed by atoms with Crippen molar-refractivity contribution >= 4 is 17.8 Å². The molecule has 9 heteroatoms. The van der Waals surface area contributed by atoms with Crippen LogP contribution in [0, 0.1) is 0 Å². The first kappa shape index (κ1) is 17.8. The van der Waals surface area contributed by atoms with Crippen LogP contribution in [-0.4, -0.2) is 61.3 Å². The molecule has 0 aromatic heterocycles. The van der Waals surface area contributed by atoms with Gasteiger partial charge in [0.25, 0.3) is 0 Å². The maximum atomic E-state index is 12.2. The highest BCUT2D eigenvalue weighted by Crippen LogP contribution is 2.19. The van der Waals surface area contributed by atoms with Gasteiger partial charge in [-0.05, 0) is 19.1 Å². The molecule has 1 N–H and O–H groups in total. The molecule has 1 heterocycles. The van der Waals surface area contributed by atoms with Crippen molar-refractivity contribution in [3.8, 4) is 5.75 Å². The number of alkyl halides is 2. The maximum Gasteiger partial charge on any atom is 0.409 e. The fraction of sp³-hybridized carbons (Fsp3) is 0.467. The number of carbonyl (C=O) groups excluding carboxylic acids is 2. The number of piperazine rings is 1. The maximum absolute atomic E-state index is 12.2. The van der Waals surface area contributed by atoms with E-state index in [1.165, 1.54) is 28.0 Å². The molecule has 132 valence electrons. The average Bonchev–Trinajstić information content (AvgIpc) is 2.55. The van der Waals surface area contributed by atoms with Gasteiger partial charge in [-0.3, -0.25) is 0 Å². The van der Waals surface area contributed by atoms with Gasteiger partial charge in [0.2, 0.25) is 0 Å². The van der Waals surface area contributed by atoms with Crippen molar-refractivity contribution in [1.82, 2.24) is 9.80 Å². The Morgan fingerprint density at radius 1 is 1.21 bits per heavy atom. The predicted octanol–water partition coefficient (Wildman–Crippen LogP) is 2.59. The van der Waals surface area contributed by atoms with Crippen LogP contribution in [0.25, 0.3) is 0 Å². The number of carbonyl (C=O) groups is 2. The van der Waals surface area contributed by atoms with E-state index in [4.69, 9.17) is 4.74 Å². The van der Waals surface area contributed by atoms with E-state index in [1.54, 1.807) is 13.0 Å². The number of urea groups is 1. The number of rotatable bonds is 4. The van der Waals surface area contributed by atoms with Gasteiger partial charge in [0, 0.05) is 37.9 Å². The summed E-state index contributed by atoms with van der Waals surface area (Å²) in [5, 5.41) is 2.62. The summed E-state index contributed by atoms with van der Waals surface area (Å²) in [5.74, 6) is -0.0325. The number of hydrogen-bond acceptors (Lipinski definition) is 4. The third-order valence-electron chi connectivity index (χ3n) is 3.40. The standard InChI is InChI=1S/C15H19F2N3O4/c1-2-23-15(22)20-8-6-19(7-9-20)14(21)18-11-4-3-5-12(10-11)24-13(16)17/h3-5,10,13H,2,6-9H2,1H3,(H,18,21). The Kier molecular flexibility index (Phi) is 6.16. The second kappa shape index (κ2) is 8.32. The van der Waals surface area contributed by atoms with Gasteiger partial charge in [-0.15, -0.1) is 0 Å². The molecule has 0 bridgehead atoms. The minimum atomic E-state index is -2.92. The first-order valence-corrected chi connectivity index (χ1v) is 7.52. The lowest BCUT2D eigenvalue weighted by Gasteiger charge is -2.34. The fourth-order valence-electron chi connectivity index (χ4n) is 2.26. The van der Waals surface area contributed by atoms with E-state index in [9.17, 15) is 18.4 Å². The van der Waals surface area contributed by atoms with Crippen LogP contribution in [0.15, 0.2) is 24.3 Å². The first-order chi connectivity index (χ1) is 11.5. The van der Waals surface area contributed by atoms with E-state index in [1.807, 2.05) is 0 Å². The monoisotopic (exact) mass is 343 g/mol. The fourth-order valence-corrected chi connectivity index (χ4v) is 2.26. The summed E-state index contributed by atoms with van der Waals surface area (Å²) in [5.41, 5.74) is 0.353. The topological polar surface area (TPSA) is 71.1 Å². The summed E-state index contributed by atoms with van der Waals surface area (Å²) in [6, 6.07) is 5.41. The van der Waals surface area contributed by atoms with E-state index in [2.05, 4.69) is 10.1 Å². The molecule has 0 unspecified atom stereocenters. The Morgan fingerprint density at radius 2 is 1.88 bits per heavy atom. The average molecular weight is 343 g/mol. The molecule has 1 aromatic carbocycles. The number of nitrogens with zero attached hydrogens (tertiary/aromatic N) is 2. The number of nitrogens with one attached hydrogen (secondary N) is 1. The largest absolute Gasteiger partial charge is 0.450 e. The molecular weight excluding hydrogens is 324 g/mol. The third kappa shape index (κ3) is 4.97. The molecule has 1 fully saturated rings. The van der Waals surface area contributed by atoms with Crippen molar-refractivity contribution in [3.05, 3.63) is 24.3 Å². The van der Waals surface area contributed by atoms with Crippen LogP contribution in [0.5, 0.6) is 5.75 Å². The second-order valence-electron chi connectivity index (χ2n) is 5.01. The molecule has 0 saturated carbocycles. The molecule has 1 aromatic rings. The summed E-state index contributed by atoms with van der Waals surface area (Å²) < 4.78 is 33.6. The van der Waals surface area contributed by atoms with Gasteiger partial charge in [-0.25, -0.2) is 9.59 Å². The van der Waals surface area contributed by atoms with E-state index >= 15 is 0 Å². The van der Waals surface area contributed by atoms with Crippen LogP contribution >= 0.6 is 0 Å². The van der Waals surface area contributed by atoms with Crippen molar-refractivity contribution in [1.29, 1.82) is 0 Å². The number of hydrogen-bond donors (Lipinski definition) is 1. The predicted molar refractivity (Wildman–Crippen MR) is 82.3 cm³/mol. The van der Waals surface area contributed by atoms with Crippen LogP contribution in [0.1, 0.15) is 6.92 Å². The van der Waals surface area contributed by atoms with Crippen molar-refractivity contribution in [2.75, 3.05) is 38.1 Å². The number of anilines is 1. The molecule has 0 aliphatic carbocycles. The molecule has 1 saturated heterocycles. The number of ether oxygens (including phenoxy) is 2. The SMILES string of the molecule is CCOC(=O)N1CCN(C(=O)Nc2cccc(OC(F)F)c2)CC1. The molecule has 3 amide bonds. The normalized spacial score (nSPS) is 14.5. The van der Waals surface area contributed by atoms with E-state index in [0.717, 1.165) is 0 Å². The summed E-state index contributed by atoms with van der Waals surface area (Å²) in [4.78, 5) is 26.9. The highest BCUT2D eigenvalue weighted by atomic mass is 19.3. The zero-order valence-corrected chi connectivity index (χ0v) is 13.2. The van der Waals surface area contributed by atoms with Gasteiger partial charge in [0.15, 0.2) is 0 Å². The Balaban J connectivity index is 1.86. The van der Waals surface area contributed by atoms with E-state index in [0.29, 0.717) is 38.5 Å². The van der Waals surface area contributed by atoms with Crippen LogP contribution in [-0.2, 0) is 4.74 Å². The van der Waals surface area contributed by atoms with Crippen LogP contribution < -0.4 is 10.1 Å². The number of amides is 3. The van der Waals surface area contributed by atoms with E-state index < -0.39 is 12.7 Å². The molecule has 1 aliphatic rings. The summed E-state index contributed by atoms with van der Waals surface area (Å²) in [7, 11) is 0. The molecule has 0 radical (unpaired) electrons. The molecule has 24 heavy (non-hydrogen) atoms. The van der Waals surface area contributed by atoms with Crippen molar-refractivity contribution < 1.29 is 27.8 Å². The summed E-state index contributed by atoms with van der Waals surface area (Å²) >= 11 is 0. The number of halogens is 2. The van der Waals surface area contributed by atoms with Crippen molar-refractivity contribution in [2.45, 2.75) is 13.5 Å². The van der Waals surface area contributed by atoms with Gasteiger partial charge in [0.05, 0.1) is 6.61 Å². The Morgan fingerprint density at radius 3 is 2.50 bits per heavy atom. The molecule has 7 nitrogen and oxygen atoms in total. The Bertz CT molecular complexity index is 578. The number of benzene rings is 1. The molecular formula is C15H19F2N3O4. The lowest BCUT2D eigenvalue weighted by molar-refractivity contribution is -0.0498. The van der Waals surface area contributed by atoms with Crippen LogP contribution in [0.2, 0.25) is 0 Å². The van der Waals surface area contributed by atoms with Gasteiger partial charge >= 0.3 is 18.7 Å². The Labute approximate surface area is 138 Å². The summed E-state index contributed by atoms with van der Waals surface area (Å²) in [6.45, 7) is 0.577. The molecule has 0 atom stereocenters. The van der Waals surface area contributed by atoms with Crippen molar-refractivity contribution in [3.63, 3.8) is 0 Å². The van der Waals surface area contributed by atoms with Crippen LogP contribution in [0.3, 0.4) is 0 Å². The Hall–Kier alpha value is -2.58. The highest BCUT2D eigenvalue weighted by Gasteiger charge is 2.24. The van der Waals surface area contributed by atoms with Crippen molar-refractivity contribution in [2.24, 2.45) is 0 Å². The van der Waals surface area contributed by atoms with Gasteiger partial charge in [-0.2, -0.15) is 8.78 Å². The minimum absolute atomic E-state index is 0.0325. The molecule has 2 rings (SSSR count). The quantitative estimate of drug-likeness (QED) is 0.912. The zero-order valence-electron chi connectivity index (χ0n) is 13.2. The molecule has 1 aliphatic heterocycles. The highest BCUT2D eigenvalue weighted by molar-refractivity contribution is 5.89. The lowest BCUT2D eigenvalue weighted by atomic mass is 10.3. The van der Waals surface area contributed by atoms with Gasteiger partial charge < -0.3 is 24.6 Å². The summed E-state index contributed by atoms with van der Waals surface area (Å²) in [6.07, 6.45) is -0.394. The first-order valence-electron chi connectivity index (χ1n) is 7.52. The minimum Gasteiger partial charge on any atom is -0.450 e. The van der Waals surface area contributed by atoms with Gasteiger partial charge in [0.1, 0.15) is 5.75 Å². The second-order valence-corrected chi connectivity index (χ2v) is 5.01. The van der Waals surface area contributed by atoms with Crippen LogP contribution in [0.4, 0.5) is 24.1 Å².